The van der Waals surface area contributed by atoms with Crippen molar-refractivity contribution in [3.8, 4) is 12.1 Å². The average Bonchev–Trinajstić information content (AvgIpc) is 3.35. The van der Waals surface area contributed by atoms with Gasteiger partial charge in [0, 0.05) is 19.2 Å². The van der Waals surface area contributed by atoms with E-state index in [9.17, 15) is 9.18 Å². The van der Waals surface area contributed by atoms with Crippen LogP contribution in [0.2, 0.25) is 0 Å². The summed E-state index contributed by atoms with van der Waals surface area (Å²) >= 11 is 0. The Balaban J connectivity index is 1.42. The Morgan fingerprint density at radius 3 is 2.77 bits per heavy atom. The number of carbonyl (C=O) groups excluding carboxylic acids is 1. The molecule has 0 unspecified atom stereocenters. The van der Waals surface area contributed by atoms with Crippen molar-refractivity contribution in [3.63, 3.8) is 0 Å². The van der Waals surface area contributed by atoms with Crippen LogP contribution in [0.4, 0.5) is 20.6 Å². The zero-order chi connectivity index (χ0) is 21.1. The van der Waals surface area contributed by atoms with Crippen molar-refractivity contribution >= 4 is 17.5 Å². The Hall–Kier alpha value is -3.92. The number of nitrogens with zero attached hydrogens (tertiary/aromatic N) is 7. The highest BCUT2D eigenvalue weighted by atomic mass is 19.1. The minimum absolute atomic E-state index is 0.182. The molecule has 2 saturated heterocycles. The van der Waals surface area contributed by atoms with E-state index in [1.165, 1.54) is 21.8 Å². The predicted octanol–water partition coefficient (Wildman–Crippen LogP) is 2.36. The largest absolute Gasteiger partial charge is 0.442 e. The molecule has 1 aromatic carbocycles. The first-order valence-corrected chi connectivity index (χ1v) is 9.48. The van der Waals surface area contributed by atoms with E-state index in [-0.39, 0.29) is 18.8 Å². The van der Waals surface area contributed by atoms with Crippen LogP contribution in [0, 0.1) is 28.5 Å². The van der Waals surface area contributed by atoms with E-state index in [0.717, 1.165) is 18.4 Å². The molecule has 1 atom stereocenters. The fourth-order valence-electron chi connectivity index (χ4n) is 3.67. The van der Waals surface area contributed by atoms with Crippen LogP contribution >= 0.6 is 0 Å². The Morgan fingerprint density at radius 1 is 1.30 bits per heavy atom. The van der Waals surface area contributed by atoms with Gasteiger partial charge in [-0.3, -0.25) is 4.90 Å². The molecular formula is C20H18FN7O2. The second-order valence-electron chi connectivity index (χ2n) is 7.11. The molecule has 2 aliphatic heterocycles. The average molecular weight is 407 g/mol. The number of rotatable bonds is 4. The van der Waals surface area contributed by atoms with Crippen molar-refractivity contribution in [1.29, 1.82) is 10.5 Å². The van der Waals surface area contributed by atoms with Crippen LogP contribution in [0.3, 0.4) is 0 Å². The number of hydrogen-bond acceptors (Lipinski definition) is 7. The molecule has 9 nitrogen and oxygen atoms in total. The van der Waals surface area contributed by atoms with Gasteiger partial charge in [-0.1, -0.05) is 10.8 Å². The van der Waals surface area contributed by atoms with Crippen LogP contribution in [-0.4, -0.2) is 46.8 Å². The lowest BCUT2D eigenvalue weighted by atomic mass is 10.0. The van der Waals surface area contributed by atoms with Crippen LogP contribution in [0.5, 0.6) is 0 Å². The van der Waals surface area contributed by atoms with Gasteiger partial charge in [-0.2, -0.15) is 10.5 Å². The van der Waals surface area contributed by atoms with Gasteiger partial charge in [0.05, 0.1) is 36.7 Å². The van der Waals surface area contributed by atoms with E-state index in [2.05, 4.69) is 10.3 Å². The lowest BCUT2D eigenvalue weighted by molar-refractivity contribution is 0.129. The van der Waals surface area contributed by atoms with Crippen LogP contribution in [-0.2, 0) is 11.3 Å². The first kappa shape index (κ1) is 19.4. The summed E-state index contributed by atoms with van der Waals surface area (Å²) in [5.41, 5.74) is 2.15. The number of halogens is 1. The predicted molar refractivity (Wildman–Crippen MR) is 104 cm³/mol. The Morgan fingerprint density at radius 2 is 2.10 bits per heavy atom. The number of hydrogen-bond donors (Lipinski definition) is 0. The number of ether oxygens (including phenoxy) is 1. The molecule has 1 amide bonds. The number of benzene rings is 1. The van der Waals surface area contributed by atoms with Gasteiger partial charge >= 0.3 is 6.09 Å². The van der Waals surface area contributed by atoms with Crippen molar-refractivity contribution in [2.75, 3.05) is 29.4 Å². The highest BCUT2D eigenvalue weighted by Crippen LogP contribution is 2.30. The number of nitriles is 2. The number of cyclic esters (lactones) is 1. The SMILES string of the molecule is N#CC=C1CCN(c2ccc(N3C[C@@H](Cn4cc(C#N)nn4)OC3=O)cc2F)CC1. The molecule has 4 rings (SSSR count). The molecule has 30 heavy (non-hydrogen) atoms. The van der Waals surface area contributed by atoms with Gasteiger partial charge in [0.1, 0.15) is 18.0 Å². The maximum Gasteiger partial charge on any atom is 0.414 e. The Kier molecular flexibility index (Phi) is 5.31. The van der Waals surface area contributed by atoms with Crippen LogP contribution in [0.1, 0.15) is 18.5 Å². The minimum Gasteiger partial charge on any atom is -0.442 e. The van der Waals surface area contributed by atoms with Crippen LogP contribution < -0.4 is 9.80 Å². The molecule has 1 aromatic heterocycles. The minimum atomic E-state index is -0.558. The second-order valence-corrected chi connectivity index (χ2v) is 7.11. The first-order valence-electron chi connectivity index (χ1n) is 9.48. The number of allylic oxidation sites excluding steroid dienone is 1. The maximum absolute atomic E-state index is 14.8. The number of carbonyl (C=O) groups is 1. The quantitative estimate of drug-likeness (QED) is 0.715. The van der Waals surface area contributed by atoms with Crippen molar-refractivity contribution < 1.29 is 13.9 Å². The molecule has 2 aromatic rings. The number of anilines is 2. The van der Waals surface area contributed by atoms with Crippen LogP contribution in [0.25, 0.3) is 0 Å². The molecule has 0 N–H and O–H groups in total. The zero-order valence-corrected chi connectivity index (χ0v) is 16.0. The van der Waals surface area contributed by atoms with E-state index < -0.39 is 18.0 Å². The lowest BCUT2D eigenvalue weighted by Crippen LogP contribution is -2.31. The van der Waals surface area contributed by atoms with Crippen LogP contribution in [0.15, 0.2) is 36.0 Å². The van der Waals surface area contributed by atoms with Gasteiger partial charge in [-0.25, -0.2) is 13.9 Å². The summed E-state index contributed by atoms with van der Waals surface area (Å²) in [6.45, 7) is 1.77. The third-order valence-electron chi connectivity index (χ3n) is 5.18. The molecule has 3 heterocycles. The van der Waals surface area contributed by atoms with Gasteiger partial charge in [0.25, 0.3) is 0 Å². The van der Waals surface area contributed by atoms with Crippen molar-refractivity contribution in [2.45, 2.75) is 25.5 Å². The standard InChI is InChI=1S/C20H18FN7O2/c21-18-9-16(1-2-19(18)26-7-4-14(3-6-22)5-8-26)28-13-17(30-20(28)29)12-27-11-15(10-23)24-25-27/h1-3,9,11,17H,4-5,7-8,12-13H2/t17-/m1/s1. The van der Waals surface area contributed by atoms with Gasteiger partial charge < -0.3 is 9.64 Å². The maximum atomic E-state index is 14.8. The fraction of sp³-hybridized carbons (Fsp3) is 0.350. The van der Waals surface area contributed by atoms with Crippen molar-refractivity contribution in [3.05, 3.63) is 47.6 Å². The molecule has 2 aliphatic rings. The summed E-state index contributed by atoms with van der Waals surface area (Å²) in [5.74, 6) is -0.411. The third-order valence-corrected chi connectivity index (χ3v) is 5.18. The Bertz CT molecular complexity index is 1070. The summed E-state index contributed by atoms with van der Waals surface area (Å²) in [5, 5.41) is 25.1. The number of aromatic nitrogens is 3. The zero-order valence-electron chi connectivity index (χ0n) is 16.0. The molecule has 0 radical (unpaired) electrons. The first-order chi connectivity index (χ1) is 14.6. The summed E-state index contributed by atoms with van der Waals surface area (Å²) in [6.07, 6.45) is 3.45. The molecule has 0 spiro atoms. The monoisotopic (exact) mass is 407 g/mol. The Labute approximate surface area is 172 Å². The van der Waals surface area contributed by atoms with E-state index in [4.69, 9.17) is 15.3 Å². The second kappa shape index (κ2) is 8.21. The molecular weight excluding hydrogens is 389 g/mol. The van der Waals surface area contributed by atoms with Crippen molar-refractivity contribution in [1.82, 2.24) is 15.0 Å². The van der Waals surface area contributed by atoms with Gasteiger partial charge in [-0.05, 0) is 31.0 Å². The van der Waals surface area contributed by atoms with E-state index in [0.29, 0.717) is 24.5 Å². The smallest absolute Gasteiger partial charge is 0.414 e. The lowest BCUT2D eigenvalue weighted by Gasteiger charge is -2.30. The normalized spacial score (nSPS) is 18.7. The van der Waals surface area contributed by atoms with E-state index in [1.54, 1.807) is 18.2 Å². The molecule has 0 saturated carbocycles. The highest BCUT2D eigenvalue weighted by Gasteiger charge is 2.33. The molecule has 0 aliphatic carbocycles. The summed E-state index contributed by atoms with van der Waals surface area (Å²) in [4.78, 5) is 15.6. The number of amides is 1. The molecule has 10 heteroatoms. The fourth-order valence-corrected chi connectivity index (χ4v) is 3.67. The topological polar surface area (TPSA) is 111 Å². The molecule has 152 valence electrons. The van der Waals surface area contributed by atoms with Gasteiger partial charge in [-0.15, -0.1) is 5.10 Å². The van der Waals surface area contributed by atoms with Crippen molar-refractivity contribution in [2.24, 2.45) is 0 Å². The third kappa shape index (κ3) is 3.94. The molecule has 0 bridgehead atoms. The van der Waals surface area contributed by atoms with E-state index in [1.807, 2.05) is 17.0 Å². The molecule has 2 fully saturated rings. The summed E-state index contributed by atoms with van der Waals surface area (Å²) in [6, 6.07) is 8.63. The van der Waals surface area contributed by atoms with Gasteiger partial charge in [0.15, 0.2) is 5.69 Å². The number of piperidine rings is 1. The van der Waals surface area contributed by atoms with Gasteiger partial charge in [0.2, 0.25) is 0 Å². The highest BCUT2D eigenvalue weighted by molar-refractivity contribution is 5.90. The summed E-state index contributed by atoms with van der Waals surface area (Å²) in [7, 11) is 0. The van der Waals surface area contributed by atoms with E-state index >= 15 is 0 Å². The summed E-state index contributed by atoms with van der Waals surface area (Å²) < 4.78 is 21.6.